The summed E-state index contributed by atoms with van der Waals surface area (Å²) in [4.78, 5) is 20.5. The molecule has 1 aromatic carbocycles. The normalized spacial score (nSPS) is 11.1. The molecule has 0 unspecified atom stereocenters. The van der Waals surface area contributed by atoms with Gasteiger partial charge in [-0.25, -0.2) is 4.79 Å². The molecule has 6 nitrogen and oxygen atoms in total. The minimum absolute atomic E-state index is 0.161. The van der Waals surface area contributed by atoms with Gasteiger partial charge in [0.25, 0.3) is 10.1 Å². The van der Waals surface area contributed by atoms with Crippen LogP contribution in [0.2, 0.25) is 5.02 Å². The lowest BCUT2D eigenvalue weighted by molar-refractivity contribution is 0.0694. The highest BCUT2D eigenvalue weighted by atomic mass is 35.5. The molecule has 0 radical (unpaired) electrons. The largest absolute Gasteiger partial charge is 0.478 e. The van der Waals surface area contributed by atoms with Gasteiger partial charge in [0, 0.05) is 5.56 Å². The molecule has 0 amide bonds. The molecule has 1 aromatic rings. The Morgan fingerprint density at radius 1 is 1.38 bits per heavy atom. The minimum Gasteiger partial charge on any atom is -0.478 e. The number of aromatic carboxylic acids is 1. The van der Waals surface area contributed by atoms with Crippen LogP contribution < -0.4 is 0 Å². The van der Waals surface area contributed by atoms with Crippen molar-refractivity contribution in [2.75, 3.05) is 0 Å². The van der Waals surface area contributed by atoms with Crippen LogP contribution in [0.1, 0.15) is 20.7 Å². The van der Waals surface area contributed by atoms with Gasteiger partial charge in [0.05, 0.1) is 10.6 Å². The Bertz CT molecular complexity index is 562. The number of aldehydes is 1. The van der Waals surface area contributed by atoms with Crippen LogP contribution in [0.5, 0.6) is 0 Å². The topological polar surface area (TPSA) is 109 Å². The van der Waals surface area contributed by atoms with Gasteiger partial charge in [-0.05, 0) is 12.1 Å². The van der Waals surface area contributed by atoms with E-state index >= 15 is 0 Å². The minimum atomic E-state index is -4.59. The highest BCUT2D eigenvalue weighted by molar-refractivity contribution is 7.86. The lowest BCUT2D eigenvalue weighted by Gasteiger charge is -2.04. The number of carboxylic acid groups (broad SMARTS) is 1. The molecule has 86 valence electrons. The van der Waals surface area contributed by atoms with E-state index in [2.05, 4.69) is 0 Å². The molecule has 0 heterocycles. The summed E-state index contributed by atoms with van der Waals surface area (Å²) < 4.78 is 30.4. The van der Waals surface area contributed by atoms with Crippen molar-refractivity contribution in [3.8, 4) is 0 Å². The van der Waals surface area contributed by atoms with Crippen LogP contribution >= 0.6 is 11.6 Å². The number of hydrogen-bond acceptors (Lipinski definition) is 4. The van der Waals surface area contributed by atoms with Gasteiger partial charge in [0.15, 0.2) is 6.29 Å². The van der Waals surface area contributed by atoms with E-state index in [1.807, 2.05) is 0 Å². The third-order valence-electron chi connectivity index (χ3n) is 1.74. The average Bonchev–Trinajstić information content (AvgIpc) is 2.15. The first-order valence-corrected chi connectivity index (χ1v) is 5.58. The molecule has 0 atom stereocenters. The summed E-state index contributed by atoms with van der Waals surface area (Å²) in [5.74, 6) is -1.43. The van der Waals surface area contributed by atoms with Crippen LogP contribution in [0.4, 0.5) is 0 Å². The molecule has 0 aliphatic heterocycles. The fourth-order valence-electron chi connectivity index (χ4n) is 1.05. The van der Waals surface area contributed by atoms with Gasteiger partial charge < -0.3 is 5.11 Å². The molecule has 0 aliphatic carbocycles. The standard InChI is InChI=1S/C8H5ClO6S/c9-6-2-5(8(11)12)4(3-10)1-7(6)16(13,14)15/h1-3H,(H,11,12)(H,13,14,15). The third kappa shape index (κ3) is 2.38. The zero-order chi connectivity index (χ0) is 12.5. The van der Waals surface area contributed by atoms with Gasteiger partial charge in [-0.1, -0.05) is 11.6 Å². The third-order valence-corrected chi connectivity index (χ3v) is 3.06. The molecule has 2 N–H and O–H groups in total. The molecule has 1 rings (SSSR count). The zero-order valence-electron chi connectivity index (χ0n) is 7.55. The molecule has 8 heteroatoms. The van der Waals surface area contributed by atoms with E-state index in [9.17, 15) is 18.0 Å². The van der Waals surface area contributed by atoms with E-state index in [4.69, 9.17) is 21.3 Å². The van der Waals surface area contributed by atoms with Crippen molar-refractivity contribution in [2.24, 2.45) is 0 Å². The molecule has 0 aromatic heterocycles. The van der Waals surface area contributed by atoms with Crippen molar-refractivity contribution < 1.29 is 27.7 Å². The SMILES string of the molecule is O=Cc1cc(S(=O)(=O)O)c(Cl)cc1C(=O)O. The van der Waals surface area contributed by atoms with Crippen LogP contribution in [0, 0.1) is 0 Å². The molecular formula is C8H5ClO6S. The summed E-state index contributed by atoms with van der Waals surface area (Å²) in [6.45, 7) is 0. The Balaban J connectivity index is 3.62. The second kappa shape index (κ2) is 4.20. The molecule has 0 bridgehead atoms. The number of rotatable bonds is 3. The second-order valence-corrected chi connectivity index (χ2v) is 4.57. The summed E-state index contributed by atoms with van der Waals surface area (Å²) >= 11 is 5.47. The lowest BCUT2D eigenvalue weighted by Crippen LogP contribution is -2.06. The highest BCUT2D eigenvalue weighted by Crippen LogP contribution is 2.24. The Labute approximate surface area is 95.2 Å². The molecule has 0 spiro atoms. The van der Waals surface area contributed by atoms with E-state index in [1.54, 1.807) is 0 Å². The maximum absolute atomic E-state index is 10.8. The number of carbonyl (C=O) groups is 2. The predicted octanol–water partition coefficient (Wildman–Crippen LogP) is 1.10. The Morgan fingerprint density at radius 3 is 2.31 bits per heavy atom. The molecule has 0 saturated carbocycles. The average molecular weight is 265 g/mol. The first kappa shape index (κ1) is 12.6. The van der Waals surface area contributed by atoms with E-state index < -0.39 is 31.6 Å². The maximum atomic E-state index is 10.8. The fraction of sp³-hybridized carbons (Fsp3) is 0. The van der Waals surface area contributed by atoms with Crippen molar-refractivity contribution in [1.82, 2.24) is 0 Å². The van der Waals surface area contributed by atoms with Gasteiger partial charge in [-0.3, -0.25) is 9.35 Å². The Morgan fingerprint density at radius 2 is 1.94 bits per heavy atom. The summed E-state index contributed by atoms with van der Waals surface area (Å²) in [5, 5.41) is 8.22. The second-order valence-electron chi connectivity index (χ2n) is 2.77. The van der Waals surface area contributed by atoms with Gasteiger partial charge in [0.2, 0.25) is 0 Å². The van der Waals surface area contributed by atoms with Crippen LogP contribution in [-0.2, 0) is 10.1 Å². The van der Waals surface area contributed by atoms with Crippen LogP contribution in [-0.4, -0.2) is 30.3 Å². The van der Waals surface area contributed by atoms with Crippen molar-refractivity contribution in [3.05, 3.63) is 28.3 Å². The zero-order valence-corrected chi connectivity index (χ0v) is 9.12. The van der Waals surface area contributed by atoms with Crippen molar-refractivity contribution in [2.45, 2.75) is 4.90 Å². The van der Waals surface area contributed by atoms with E-state index in [0.29, 0.717) is 6.07 Å². The number of carbonyl (C=O) groups excluding carboxylic acids is 1. The van der Waals surface area contributed by atoms with Crippen molar-refractivity contribution in [1.29, 1.82) is 0 Å². The lowest BCUT2D eigenvalue weighted by atomic mass is 10.1. The predicted molar refractivity (Wildman–Crippen MR) is 53.6 cm³/mol. The van der Waals surface area contributed by atoms with Crippen molar-refractivity contribution in [3.63, 3.8) is 0 Å². The Kier molecular flexibility index (Phi) is 3.32. The molecular weight excluding hydrogens is 260 g/mol. The number of benzene rings is 1. The highest BCUT2D eigenvalue weighted by Gasteiger charge is 2.20. The van der Waals surface area contributed by atoms with E-state index in [0.717, 1.165) is 6.07 Å². The van der Waals surface area contributed by atoms with Gasteiger partial charge >= 0.3 is 5.97 Å². The summed E-state index contributed by atoms with van der Waals surface area (Å²) in [5.41, 5.74) is -0.822. The van der Waals surface area contributed by atoms with Gasteiger partial charge in [0.1, 0.15) is 4.90 Å². The Hall–Kier alpha value is -1.44. The molecule has 0 fully saturated rings. The van der Waals surface area contributed by atoms with E-state index in [1.165, 1.54) is 0 Å². The number of hydrogen-bond donors (Lipinski definition) is 2. The smallest absolute Gasteiger partial charge is 0.336 e. The van der Waals surface area contributed by atoms with Gasteiger partial charge in [-0.15, -0.1) is 0 Å². The van der Waals surface area contributed by atoms with Crippen LogP contribution in [0.15, 0.2) is 17.0 Å². The monoisotopic (exact) mass is 264 g/mol. The first-order chi connectivity index (χ1) is 7.27. The van der Waals surface area contributed by atoms with Gasteiger partial charge in [-0.2, -0.15) is 8.42 Å². The molecule has 0 aliphatic rings. The van der Waals surface area contributed by atoms with Crippen LogP contribution in [0.25, 0.3) is 0 Å². The van der Waals surface area contributed by atoms with Crippen molar-refractivity contribution >= 4 is 34.0 Å². The molecule has 16 heavy (non-hydrogen) atoms. The maximum Gasteiger partial charge on any atom is 0.336 e. The summed E-state index contributed by atoms with van der Waals surface area (Å²) in [6, 6.07) is 1.49. The number of halogens is 1. The van der Waals surface area contributed by atoms with Crippen LogP contribution in [0.3, 0.4) is 0 Å². The molecule has 0 saturated heterocycles. The first-order valence-electron chi connectivity index (χ1n) is 3.77. The summed E-state index contributed by atoms with van der Waals surface area (Å²) in [6.07, 6.45) is 0.161. The van der Waals surface area contributed by atoms with E-state index in [-0.39, 0.29) is 11.8 Å². The quantitative estimate of drug-likeness (QED) is 0.625. The summed E-state index contributed by atoms with van der Waals surface area (Å²) in [7, 11) is -4.59. The number of carboxylic acids is 1. The fourth-order valence-corrected chi connectivity index (χ4v) is 2.09.